The molecule has 0 saturated heterocycles. The average Bonchev–Trinajstić information content (AvgIpc) is 2.81. The van der Waals surface area contributed by atoms with Gasteiger partial charge in [0.15, 0.2) is 0 Å². The summed E-state index contributed by atoms with van der Waals surface area (Å²) in [6.45, 7) is 2.49. The van der Waals surface area contributed by atoms with Crippen LogP contribution in [0.5, 0.6) is 5.75 Å². The maximum Gasteiger partial charge on any atom is 0.131 e. The molecule has 19 heavy (non-hydrogen) atoms. The van der Waals surface area contributed by atoms with Crippen molar-refractivity contribution in [3.8, 4) is 16.9 Å². The lowest BCUT2D eigenvalue weighted by atomic mass is 9.97. The summed E-state index contributed by atoms with van der Waals surface area (Å²) in [4.78, 5) is 0. The summed E-state index contributed by atoms with van der Waals surface area (Å²) < 4.78 is 19.8. The molecule has 2 N–H and O–H groups in total. The van der Waals surface area contributed by atoms with Crippen LogP contribution in [0.3, 0.4) is 0 Å². The van der Waals surface area contributed by atoms with Crippen LogP contribution in [0.25, 0.3) is 11.1 Å². The third-order valence-electron chi connectivity index (χ3n) is 3.47. The number of rotatable bonds is 2. The number of hydrogen-bond acceptors (Lipinski definition) is 2. The van der Waals surface area contributed by atoms with Crippen LogP contribution in [0.4, 0.5) is 4.39 Å². The predicted octanol–water partition coefficient (Wildman–Crippen LogP) is 3.06. The third-order valence-corrected chi connectivity index (χ3v) is 3.47. The van der Waals surface area contributed by atoms with Gasteiger partial charge in [-0.2, -0.15) is 0 Å². The Morgan fingerprint density at radius 3 is 2.79 bits per heavy atom. The highest BCUT2D eigenvalue weighted by Crippen LogP contribution is 2.40. The number of ether oxygens (including phenoxy) is 1. The van der Waals surface area contributed by atoms with Crippen molar-refractivity contribution in [3.63, 3.8) is 0 Å². The zero-order chi connectivity index (χ0) is 13.4. The molecular formula is C16H16FNO. The lowest BCUT2D eigenvalue weighted by molar-refractivity contribution is 0.242. The van der Waals surface area contributed by atoms with Crippen molar-refractivity contribution in [3.05, 3.63) is 53.3 Å². The summed E-state index contributed by atoms with van der Waals surface area (Å²) in [5, 5.41) is 0. The SMILES string of the molecule is Cc1cc2c(c(-c3ccccc3F)c1)OC(CN)C2. The molecule has 2 nitrogen and oxygen atoms in total. The summed E-state index contributed by atoms with van der Waals surface area (Å²) in [5.41, 5.74) is 9.31. The standard InChI is InChI=1S/C16H16FNO/c1-10-6-11-8-12(9-18)19-16(11)14(7-10)13-4-2-3-5-15(13)17/h2-7,12H,8-9,18H2,1H3. The Hall–Kier alpha value is -1.87. The minimum absolute atomic E-state index is 0.00215. The molecule has 0 saturated carbocycles. The van der Waals surface area contributed by atoms with E-state index in [1.807, 2.05) is 19.1 Å². The Balaban J connectivity index is 2.16. The van der Waals surface area contributed by atoms with Gasteiger partial charge in [-0.05, 0) is 30.2 Å². The molecule has 1 aliphatic heterocycles. The highest BCUT2D eigenvalue weighted by molar-refractivity contribution is 5.74. The van der Waals surface area contributed by atoms with E-state index in [4.69, 9.17) is 10.5 Å². The lowest BCUT2D eigenvalue weighted by Gasteiger charge is -2.12. The van der Waals surface area contributed by atoms with Crippen molar-refractivity contribution in [1.29, 1.82) is 0 Å². The monoisotopic (exact) mass is 257 g/mol. The number of aryl methyl sites for hydroxylation is 1. The van der Waals surface area contributed by atoms with Crippen molar-refractivity contribution < 1.29 is 9.13 Å². The molecule has 0 spiro atoms. The molecule has 3 rings (SSSR count). The second-order valence-corrected chi connectivity index (χ2v) is 4.96. The van der Waals surface area contributed by atoms with Gasteiger partial charge >= 0.3 is 0 Å². The first-order valence-electron chi connectivity index (χ1n) is 6.44. The molecule has 1 atom stereocenters. The summed E-state index contributed by atoms with van der Waals surface area (Å²) in [5.74, 6) is 0.557. The molecule has 1 aliphatic rings. The van der Waals surface area contributed by atoms with Crippen molar-refractivity contribution in [2.45, 2.75) is 19.4 Å². The van der Waals surface area contributed by atoms with E-state index in [0.717, 1.165) is 28.9 Å². The molecule has 0 aliphatic carbocycles. The molecule has 1 heterocycles. The van der Waals surface area contributed by atoms with Gasteiger partial charge in [0.1, 0.15) is 17.7 Å². The van der Waals surface area contributed by atoms with Crippen molar-refractivity contribution in [1.82, 2.24) is 0 Å². The molecule has 3 heteroatoms. The van der Waals surface area contributed by atoms with E-state index in [1.54, 1.807) is 12.1 Å². The van der Waals surface area contributed by atoms with Crippen molar-refractivity contribution in [2.24, 2.45) is 5.73 Å². The molecule has 0 radical (unpaired) electrons. The van der Waals surface area contributed by atoms with Crippen molar-refractivity contribution in [2.75, 3.05) is 6.54 Å². The van der Waals surface area contributed by atoms with E-state index in [-0.39, 0.29) is 11.9 Å². The molecule has 0 aromatic heterocycles. The Kier molecular flexibility index (Phi) is 2.99. The number of hydrogen-bond donors (Lipinski definition) is 1. The fourth-order valence-electron chi connectivity index (χ4n) is 2.60. The molecule has 98 valence electrons. The maximum atomic E-state index is 14.0. The molecular weight excluding hydrogens is 241 g/mol. The smallest absolute Gasteiger partial charge is 0.131 e. The van der Waals surface area contributed by atoms with Gasteiger partial charge in [0.05, 0.1) is 0 Å². The second-order valence-electron chi connectivity index (χ2n) is 4.96. The van der Waals surface area contributed by atoms with Crippen LogP contribution >= 0.6 is 0 Å². The van der Waals surface area contributed by atoms with E-state index >= 15 is 0 Å². The molecule has 0 bridgehead atoms. The van der Waals surface area contributed by atoms with Crippen LogP contribution < -0.4 is 10.5 Å². The van der Waals surface area contributed by atoms with E-state index in [1.165, 1.54) is 6.07 Å². The quantitative estimate of drug-likeness (QED) is 0.897. The molecule has 2 aromatic carbocycles. The Labute approximate surface area is 112 Å². The Morgan fingerprint density at radius 1 is 1.26 bits per heavy atom. The summed E-state index contributed by atoms with van der Waals surface area (Å²) in [6, 6.07) is 10.8. The van der Waals surface area contributed by atoms with E-state index in [2.05, 4.69) is 6.07 Å². The Morgan fingerprint density at radius 2 is 2.05 bits per heavy atom. The fraction of sp³-hybridized carbons (Fsp3) is 0.250. The second kappa shape index (κ2) is 4.67. The molecule has 0 fully saturated rings. The molecule has 1 unspecified atom stereocenters. The zero-order valence-electron chi connectivity index (χ0n) is 10.8. The topological polar surface area (TPSA) is 35.2 Å². The number of benzene rings is 2. The summed E-state index contributed by atoms with van der Waals surface area (Å²) >= 11 is 0. The van der Waals surface area contributed by atoms with E-state index in [0.29, 0.717) is 12.1 Å². The third kappa shape index (κ3) is 2.10. The van der Waals surface area contributed by atoms with Crippen LogP contribution in [0.2, 0.25) is 0 Å². The minimum Gasteiger partial charge on any atom is -0.488 e. The number of nitrogens with two attached hydrogens (primary N) is 1. The van der Waals surface area contributed by atoms with Gasteiger partial charge in [-0.25, -0.2) is 4.39 Å². The largest absolute Gasteiger partial charge is 0.488 e. The van der Waals surface area contributed by atoms with E-state index < -0.39 is 0 Å². The first-order valence-corrected chi connectivity index (χ1v) is 6.44. The van der Waals surface area contributed by atoms with Crippen LogP contribution in [0, 0.1) is 12.7 Å². The molecule has 0 amide bonds. The van der Waals surface area contributed by atoms with Gasteiger partial charge < -0.3 is 10.5 Å². The van der Waals surface area contributed by atoms with E-state index in [9.17, 15) is 4.39 Å². The van der Waals surface area contributed by atoms with Gasteiger partial charge in [-0.1, -0.05) is 24.3 Å². The first-order chi connectivity index (χ1) is 9.19. The number of fused-ring (bicyclic) bond motifs is 1. The summed E-state index contributed by atoms with van der Waals surface area (Å²) in [6.07, 6.45) is 0.803. The average molecular weight is 257 g/mol. The van der Waals surface area contributed by atoms with Crippen molar-refractivity contribution >= 4 is 0 Å². The highest BCUT2D eigenvalue weighted by Gasteiger charge is 2.26. The lowest BCUT2D eigenvalue weighted by Crippen LogP contribution is -2.24. The van der Waals surface area contributed by atoms with Gasteiger partial charge in [0.2, 0.25) is 0 Å². The first kappa shape index (κ1) is 12.2. The van der Waals surface area contributed by atoms with Crippen LogP contribution in [-0.4, -0.2) is 12.6 Å². The maximum absolute atomic E-state index is 14.0. The van der Waals surface area contributed by atoms with Gasteiger partial charge in [0, 0.05) is 24.1 Å². The molecule has 2 aromatic rings. The normalized spacial score (nSPS) is 17.1. The van der Waals surface area contributed by atoms with Crippen LogP contribution in [0.1, 0.15) is 11.1 Å². The van der Waals surface area contributed by atoms with Gasteiger partial charge in [-0.15, -0.1) is 0 Å². The summed E-state index contributed by atoms with van der Waals surface area (Å²) in [7, 11) is 0. The fourth-order valence-corrected chi connectivity index (χ4v) is 2.60. The minimum atomic E-state index is -0.227. The zero-order valence-corrected chi connectivity index (χ0v) is 10.8. The van der Waals surface area contributed by atoms with Gasteiger partial charge in [0.25, 0.3) is 0 Å². The Bertz CT molecular complexity index is 624. The number of halogens is 1. The van der Waals surface area contributed by atoms with Gasteiger partial charge in [-0.3, -0.25) is 0 Å². The highest BCUT2D eigenvalue weighted by atomic mass is 19.1. The van der Waals surface area contributed by atoms with Crippen LogP contribution in [0.15, 0.2) is 36.4 Å². The predicted molar refractivity (Wildman–Crippen MR) is 73.7 cm³/mol. The van der Waals surface area contributed by atoms with Crippen LogP contribution in [-0.2, 0) is 6.42 Å².